The predicted molar refractivity (Wildman–Crippen MR) is 90.1 cm³/mol. The number of carbonyl (C=O) groups is 1. The lowest BCUT2D eigenvalue weighted by molar-refractivity contribution is 0.102. The minimum absolute atomic E-state index is 0.124. The van der Waals surface area contributed by atoms with Gasteiger partial charge in [0.25, 0.3) is 5.91 Å². The summed E-state index contributed by atoms with van der Waals surface area (Å²) in [4.78, 5) is 12.2. The fraction of sp³-hybridized carbons (Fsp3) is 0.111. The number of aromatic nitrogens is 1. The number of hydrogen-bond acceptors (Lipinski definition) is 4. The molecule has 1 amide bonds. The molecule has 3 rings (SSSR count). The molecule has 0 saturated carbocycles. The molecule has 0 aliphatic rings. The van der Waals surface area contributed by atoms with E-state index < -0.39 is 0 Å². The second-order valence-electron chi connectivity index (χ2n) is 5.35. The molecule has 0 aliphatic carbocycles. The highest BCUT2D eigenvalue weighted by molar-refractivity contribution is 6.04. The van der Waals surface area contributed by atoms with Crippen LogP contribution in [-0.4, -0.2) is 11.1 Å². The minimum Gasteiger partial charge on any atom is -0.360 e. The van der Waals surface area contributed by atoms with Crippen LogP contribution in [0.15, 0.2) is 59.1 Å². The highest BCUT2D eigenvalue weighted by atomic mass is 16.5. The maximum Gasteiger partial charge on any atom is 0.255 e. The summed E-state index contributed by atoms with van der Waals surface area (Å²) < 4.78 is 5.00. The summed E-state index contributed by atoms with van der Waals surface area (Å²) in [5, 5.41) is 9.88. The lowest BCUT2D eigenvalue weighted by Crippen LogP contribution is -2.11. The SMILES string of the molecule is Cc1cccc(C(=O)Nc2ccc(Nc3cc(C)on3)cc2)c1. The Morgan fingerprint density at radius 1 is 1.00 bits per heavy atom. The third-order valence-corrected chi connectivity index (χ3v) is 3.32. The zero-order chi connectivity index (χ0) is 16.2. The van der Waals surface area contributed by atoms with E-state index in [1.54, 1.807) is 6.07 Å². The van der Waals surface area contributed by atoms with Crippen LogP contribution in [-0.2, 0) is 0 Å². The van der Waals surface area contributed by atoms with E-state index in [-0.39, 0.29) is 5.91 Å². The Morgan fingerprint density at radius 3 is 2.39 bits per heavy atom. The molecule has 3 aromatic rings. The third-order valence-electron chi connectivity index (χ3n) is 3.32. The number of carbonyl (C=O) groups excluding carboxylic acids is 1. The number of nitrogens with one attached hydrogen (secondary N) is 2. The monoisotopic (exact) mass is 307 g/mol. The summed E-state index contributed by atoms with van der Waals surface area (Å²) in [5.41, 5.74) is 3.30. The maximum atomic E-state index is 12.2. The van der Waals surface area contributed by atoms with Crippen molar-refractivity contribution in [2.45, 2.75) is 13.8 Å². The lowest BCUT2D eigenvalue weighted by Gasteiger charge is -2.07. The van der Waals surface area contributed by atoms with Gasteiger partial charge in [0.05, 0.1) is 0 Å². The van der Waals surface area contributed by atoms with Crippen LogP contribution in [0.5, 0.6) is 0 Å². The minimum atomic E-state index is -0.124. The second-order valence-corrected chi connectivity index (χ2v) is 5.35. The highest BCUT2D eigenvalue weighted by Crippen LogP contribution is 2.19. The first-order valence-corrected chi connectivity index (χ1v) is 7.28. The summed E-state index contributed by atoms with van der Waals surface area (Å²) in [6, 6.07) is 16.7. The van der Waals surface area contributed by atoms with Crippen LogP contribution < -0.4 is 10.6 Å². The van der Waals surface area contributed by atoms with Crippen molar-refractivity contribution >= 4 is 23.1 Å². The molecule has 1 heterocycles. The third kappa shape index (κ3) is 3.77. The smallest absolute Gasteiger partial charge is 0.255 e. The number of amides is 1. The van der Waals surface area contributed by atoms with E-state index in [1.165, 1.54) is 0 Å². The van der Waals surface area contributed by atoms with Gasteiger partial charge in [-0.25, -0.2) is 0 Å². The number of nitrogens with zero attached hydrogens (tertiary/aromatic N) is 1. The number of hydrogen-bond donors (Lipinski definition) is 2. The van der Waals surface area contributed by atoms with Crippen LogP contribution in [0.2, 0.25) is 0 Å². The van der Waals surface area contributed by atoms with Gasteiger partial charge >= 0.3 is 0 Å². The largest absolute Gasteiger partial charge is 0.360 e. The Balaban J connectivity index is 1.66. The summed E-state index contributed by atoms with van der Waals surface area (Å²) in [7, 11) is 0. The molecule has 0 unspecified atom stereocenters. The molecular formula is C18H17N3O2. The first-order valence-electron chi connectivity index (χ1n) is 7.28. The van der Waals surface area contributed by atoms with Gasteiger partial charge in [0.1, 0.15) is 5.76 Å². The standard InChI is InChI=1S/C18H17N3O2/c1-12-4-3-5-14(10-12)18(22)20-16-8-6-15(7-9-16)19-17-11-13(2)23-21-17/h3-11H,1-2H3,(H,19,21)(H,20,22). The molecule has 0 bridgehead atoms. The molecule has 1 aromatic heterocycles. The Kier molecular flexibility index (Phi) is 4.10. The van der Waals surface area contributed by atoms with Crippen molar-refractivity contribution in [3.8, 4) is 0 Å². The number of benzene rings is 2. The van der Waals surface area contributed by atoms with Crippen molar-refractivity contribution in [1.82, 2.24) is 5.16 Å². The molecule has 2 aromatic carbocycles. The summed E-state index contributed by atoms with van der Waals surface area (Å²) in [6.07, 6.45) is 0. The molecule has 0 saturated heterocycles. The quantitative estimate of drug-likeness (QED) is 0.754. The molecule has 0 radical (unpaired) electrons. The highest BCUT2D eigenvalue weighted by Gasteiger charge is 2.06. The molecular weight excluding hydrogens is 290 g/mol. The molecule has 2 N–H and O–H groups in total. The van der Waals surface area contributed by atoms with Crippen LogP contribution in [0, 0.1) is 13.8 Å². The normalized spacial score (nSPS) is 10.3. The van der Waals surface area contributed by atoms with E-state index in [0.29, 0.717) is 11.4 Å². The molecule has 0 aliphatic heterocycles. The van der Waals surface area contributed by atoms with Crippen molar-refractivity contribution in [2.24, 2.45) is 0 Å². The zero-order valence-electron chi connectivity index (χ0n) is 13.0. The molecule has 5 nitrogen and oxygen atoms in total. The van der Waals surface area contributed by atoms with E-state index in [1.807, 2.05) is 62.4 Å². The van der Waals surface area contributed by atoms with Gasteiger partial charge in [-0.3, -0.25) is 4.79 Å². The molecule has 0 spiro atoms. The van der Waals surface area contributed by atoms with Crippen molar-refractivity contribution < 1.29 is 9.32 Å². The Hall–Kier alpha value is -3.08. The van der Waals surface area contributed by atoms with Gasteiger partial charge in [0.15, 0.2) is 5.82 Å². The molecule has 23 heavy (non-hydrogen) atoms. The van der Waals surface area contributed by atoms with Gasteiger partial charge in [-0.05, 0) is 50.2 Å². The predicted octanol–water partition coefficient (Wildman–Crippen LogP) is 4.29. The average molecular weight is 307 g/mol. The molecule has 116 valence electrons. The van der Waals surface area contributed by atoms with E-state index >= 15 is 0 Å². The van der Waals surface area contributed by atoms with E-state index in [0.717, 1.165) is 22.7 Å². The lowest BCUT2D eigenvalue weighted by atomic mass is 10.1. The van der Waals surface area contributed by atoms with Crippen molar-refractivity contribution in [2.75, 3.05) is 10.6 Å². The van der Waals surface area contributed by atoms with Crippen LogP contribution in [0.3, 0.4) is 0 Å². The molecule has 5 heteroatoms. The van der Waals surface area contributed by atoms with Gasteiger partial charge in [-0.15, -0.1) is 0 Å². The molecule has 0 fully saturated rings. The first-order chi connectivity index (χ1) is 11.1. The summed E-state index contributed by atoms with van der Waals surface area (Å²) in [6.45, 7) is 3.80. The second kappa shape index (κ2) is 6.36. The maximum absolute atomic E-state index is 12.2. The van der Waals surface area contributed by atoms with E-state index in [4.69, 9.17) is 4.52 Å². The Morgan fingerprint density at radius 2 is 1.74 bits per heavy atom. The average Bonchev–Trinajstić information content (AvgIpc) is 2.94. The van der Waals surface area contributed by atoms with Gasteiger partial charge in [-0.1, -0.05) is 22.9 Å². The topological polar surface area (TPSA) is 67.2 Å². The van der Waals surface area contributed by atoms with Crippen LogP contribution in [0.1, 0.15) is 21.7 Å². The summed E-state index contributed by atoms with van der Waals surface area (Å²) in [5.74, 6) is 1.27. The van der Waals surface area contributed by atoms with Crippen molar-refractivity contribution in [3.05, 3.63) is 71.5 Å². The van der Waals surface area contributed by atoms with E-state index in [2.05, 4.69) is 15.8 Å². The van der Waals surface area contributed by atoms with E-state index in [9.17, 15) is 4.79 Å². The van der Waals surface area contributed by atoms with Crippen LogP contribution in [0.4, 0.5) is 17.2 Å². The van der Waals surface area contributed by atoms with Gasteiger partial charge in [0.2, 0.25) is 0 Å². The summed E-state index contributed by atoms with van der Waals surface area (Å²) >= 11 is 0. The number of anilines is 3. The first kappa shape index (κ1) is 14.8. The van der Waals surface area contributed by atoms with Crippen molar-refractivity contribution in [3.63, 3.8) is 0 Å². The van der Waals surface area contributed by atoms with Crippen LogP contribution in [0.25, 0.3) is 0 Å². The molecule has 0 atom stereocenters. The van der Waals surface area contributed by atoms with Gasteiger partial charge in [0, 0.05) is 23.0 Å². The number of aryl methyl sites for hydroxylation is 2. The van der Waals surface area contributed by atoms with Crippen molar-refractivity contribution in [1.29, 1.82) is 0 Å². The fourth-order valence-electron chi connectivity index (χ4n) is 2.20. The Labute approximate surface area is 134 Å². The van der Waals surface area contributed by atoms with Gasteiger partial charge in [-0.2, -0.15) is 0 Å². The van der Waals surface area contributed by atoms with Gasteiger partial charge < -0.3 is 15.2 Å². The number of rotatable bonds is 4. The van der Waals surface area contributed by atoms with Crippen LogP contribution >= 0.6 is 0 Å². The fourth-order valence-corrected chi connectivity index (χ4v) is 2.20. The Bertz CT molecular complexity index is 822. The zero-order valence-corrected chi connectivity index (χ0v) is 13.0.